The van der Waals surface area contributed by atoms with E-state index in [0.29, 0.717) is 12.1 Å². The number of Topliss-reactive ketones (excluding diaryl/α,β-unsaturated/α-hetero) is 1. The van der Waals surface area contributed by atoms with Crippen molar-refractivity contribution in [3.63, 3.8) is 0 Å². The fourth-order valence-corrected chi connectivity index (χ4v) is 4.32. The monoisotopic (exact) mass is 387 g/mol. The fraction of sp³-hybridized carbons (Fsp3) is 0.320. The van der Waals surface area contributed by atoms with Crippen molar-refractivity contribution in [1.82, 2.24) is 0 Å². The zero-order valence-electron chi connectivity index (χ0n) is 16.8. The molecule has 2 aliphatic carbocycles. The first-order chi connectivity index (χ1) is 13.9. The molecular formula is C25H25NO3. The molecule has 0 bridgehead atoms. The summed E-state index contributed by atoms with van der Waals surface area (Å²) in [5, 5.41) is 9.77. The van der Waals surface area contributed by atoms with Crippen molar-refractivity contribution in [2.45, 2.75) is 45.6 Å². The predicted octanol–water partition coefficient (Wildman–Crippen LogP) is 4.72. The first-order valence-corrected chi connectivity index (χ1v) is 10.1. The minimum absolute atomic E-state index is 0.103. The molecule has 0 aromatic heterocycles. The van der Waals surface area contributed by atoms with Crippen molar-refractivity contribution in [3.8, 4) is 0 Å². The van der Waals surface area contributed by atoms with E-state index in [-0.39, 0.29) is 17.6 Å². The Morgan fingerprint density at radius 1 is 1.03 bits per heavy atom. The molecule has 0 heterocycles. The number of carboxylic acids is 1. The van der Waals surface area contributed by atoms with Crippen LogP contribution in [0.3, 0.4) is 0 Å². The number of aliphatic carboxylic acids is 1. The Kier molecular flexibility index (Phi) is 4.95. The smallest absolute Gasteiger partial charge is 0.328 e. The minimum Gasteiger partial charge on any atom is -0.480 e. The maximum Gasteiger partial charge on any atom is 0.328 e. The summed E-state index contributed by atoms with van der Waals surface area (Å²) in [6.45, 7) is 4.46. The molecule has 1 N–H and O–H groups in total. The summed E-state index contributed by atoms with van der Waals surface area (Å²) in [6, 6.07) is 16.2. The van der Waals surface area contributed by atoms with Crippen LogP contribution in [0.4, 0.5) is 0 Å². The zero-order valence-corrected chi connectivity index (χ0v) is 16.8. The van der Waals surface area contributed by atoms with E-state index in [1.807, 2.05) is 54.6 Å². The summed E-state index contributed by atoms with van der Waals surface area (Å²) in [4.78, 5) is 29.8. The van der Waals surface area contributed by atoms with Crippen LogP contribution in [0.1, 0.15) is 49.8 Å². The number of fused-ring (bicyclic) bond motifs is 2. The average molecular weight is 387 g/mol. The normalized spacial score (nSPS) is 20.2. The average Bonchev–Trinajstić information content (AvgIpc) is 2.70. The molecule has 0 unspecified atom stereocenters. The van der Waals surface area contributed by atoms with E-state index in [0.717, 1.165) is 40.7 Å². The molecule has 148 valence electrons. The third-order valence-electron chi connectivity index (χ3n) is 5.91. The molecular weight excluding hydrogens is 362 g/mol. The van der Waals surface area contributed by atoms with Crippen LogP contribution in [-0.2, 0) is 16.0 Å². The van der Waals surface area contributed by atoms with E-state index < -0.39 is 12.0 Å². The second-order valence-corrected chi connectivity index (χ2v) is 8.69. The highest BCUT2D eigenvalue weighted by Gasteiger charge is 2.37. The number of allylic oxidation sites excluding steroid dienone is 2. The summed E-state index contributed by atoms with van der Waals surface area (Å²) in [6.07, 6.45) is 2.77. The van der Waals surface area contributed by atoms with Crippen LogP contribution in [0.5, 0.6) is 0 Å². The Balaban J connectivity index is 1.79. The number of aliphatic imine (C=N–C) groups is 1. The topological polar surface area (TPSA) is 66.7 Å². The van der Waals surface area contributed by atoms with Crippen molar-refractivity contribution in [1.29, 1.82) is 0 Å². The first-order valence-electron chi connectivity index (χ1n) is 10.1. The molecule has 4 nitrogen and oxygen atoms in total. The number of carbonyl (C=O) groups is 2. The maximum absolute atomic E-state index is 13.4. The van der Waals surface area contributed by atoms with Crippen LogP contribution in [0, 0.1) is 5.41 Å². The number of hydrogen-bond acceptors (Lipinski definition) is 3. The number of carboxylic acid groups (broad SMARTS) is 1. The molecule has 0 fully saturated rings. The molecule has 0 radical (unpaired) electrons. The van der Waals surface area contributed by atoms with Gasteiger partial charge in [0, 0.05) is 17.6 Å². The van der Waals surface area contributed by atoms with Gasteiger partial charge < -0.3 is 5.11 Å². The van der Waals surface area contributed by atoms with Gasteiger partial charge in [-0.15, -0.1) is 0 Å². The number of nitrogens with zero attached hydrogens (tertiary/aromatic N) is 1. The van der Waals surface area contributed by atoms with Gasteiger partial charge in [0.05, 0.1) is 0 Å². The zero-order chi connectivity index (χ0) is 20.6. The van der Waals surface area contributed by atoms with Crippen molar-refractivity contribution in [2.24, 2.45) is 10.4 Å². The van der Waals surface area contributed by atoms with E-state index in [2.05, 4.69) is 18.8 Å². The van der Waals surface area contributed by atoms with Gasteiger partial charge in [0.25, 0.3) is 0 Å². The number of rotatable bonds is 4. The second-order valence-electron chi connectivity index (χ2n) is 8.69. The SMILES string of the molecule is CC1(C)CCC2=C(C1)c1ccccc1C(=N[C@@H](Cc1ccccc1)C(=O)O)C2=O. The highest BCUT2D eigenvalue weighted by atomic mass is 16.4. The first kappa shape index (κ1) is 19.3. The van der Waals surface area contributed by atoms with Gasteiger partial charge in [0.1, 0.15) is 5.71 Å². The molecule has 0 amide bonds. The van der Waals surface area contributed by atoms with Gasteiger partial charge in [-0.25, -0.2) is 4.79 Å². The summed E-state index contributed by atoms with van der Waals surface area (Å²) in [5.41, 5.74) is 5.03. The van der Waals surface area contributed by atoms with Gasteiger partial charge in [-0.3, -0.25) is 9.79 Å². The molecule has 29 heavy (non-hydrogen) atoms. The van der Waals surface area contributed by atoms with Gasteiger partial charge in [-0.05, 0) is 41.4 Å². The Morgan fingerprint density at radius 3 is 2.38 bits per heavy atom. The highest BCUT2D eigenvalue weighted by Crippen LogP contribution is 2.46. The molecule has 4 heteroatoms. The summed E-state index contributed by atoms with van der Waals surface area (Å²) in [7, 11) is 0. The molecule has 4 rings (SSSR count). The molecule has 0 saturated heterocycles. The van der Waals surface area contributed by atoms with Crippen LogP contribution in [0.2, 0.25) is 0 Å². The van der Waals surface area contributed by atoms with Crippen LogP contribution in [0.25, 0.3) is 5.57 Å². The molecule has 0 spiro atoms. The van der Waals surface area contributed by atoms with Crippen LogP contribution < -0.4 is 0 Å². The molecule has 2 aromatic rings. The quantitative estimate of drug-likeness (QED) is 0.826. The lowest BCUT2D eigenvalue weighted by Crippen LogP contribution is -2.32. The molecule has 0 saturated carbocycles. The van der Waals surface area contributed by atoms with Crippen molar-refractivity contribution in [2.75, 3.05) is 0 Å². The molecule has 0 aliphatic heterocycles. The number of benzene rings is 2. The van der Waals surface area contributed by atoms with E-state index in [4.69, 9.17) is 0 Å². The largest absolute Gasteiger partial charge is 0.480 e. The standard InChI is InChI=1S/C25H25NO3/c1-25(2)13-12-19-20(15-25)17-10-6-7-11-18(17)22(23(19)27)26-21(24(28)29)14-16-8-4-3-5-9-16/h3-11,21H,12-15H2,1-2H3,(H,28,29)/t21-/m0/s1. The summed E-state index contributed by atoms with van der Waals surface area (Å²) < 4.78 is 0. The summed E-state index contributed by atoms with van der Waals surface area (Å²) in [5.74, 6) is -1.12. The third kappa shape index (κ3) is 3.80. The Hall–Kier alpha value is -3.01. The number of carbonyl (C=O) groups excluding carboxylic acids is 1. The van der Waals surface area contributed by atoms with E-state index in [1.165, 1.54) is 0 Å². The molecule has 1 atom stereocenters. The lowest BCUT2D eigenvalue weighted by molar-refractivity contribution is -0.138. The van der Waals surface area contributed by atoms with Gasteiger partial charge in [0.15, 0.2) is 6.04 Å². The highest BCUT2D eigenvalue weighted by molar-refractivity contribution is 6.54. The van der Waals surface area contributed by atoms with Gasteiger partial charge in [-0.1, -0.05) is 68.4 Å². The Labute approximate surface area is 171 Å². The van der Waals surface area contributed by atoms with E-state index in [1.54, 1.807) is 0 Å². The van der Waals surface area contributed by atoms with E-state index >= 15 is 0 Å². The predicted molar refractivity (Wildman–Crippen MR) is 114 cm³/mol. The number of hydrogen-bond donors (Lipinski definition) is 1. The lowest BCUT2D eigenvalue weighted by Gasteiger charge is -2.36. The van der Waals surface area contributed by atoms with Crippen LogP contribution in [-0.4, -0.2) is 28.6 Å². The van der Waals surface area contributed by atoms with E-state index in [9.17, 15) is 14.7 Å². The van der Waals surface area contributed by atoms with Gasteiger partial charge in [0.2, 0.25) is 5.78 Å². The van der Waals surface area contributed by atoms with Crippen molar-refractivity contribution < 1.29 is 14.7 Å². The Morgan fingerprint density at radius 2 is 1.69 bits per heavy atom. The fourth-order valence-electron chi connectivity index (χ4n) is 4.32. The number of ketones is 1. The van der Waals surface area contributed by atoms with Crippen LogP contribution >= 0.6 is 0 Å². The lowest BCUT2D eigenvalue weighted by atomic mass is 9.68. The van der Waals surface area contributed by atoms with Gasteiger partial charge >= 0.3 is 5.97 Å². The van der Waals surface area contributed by atoms with Gasteiger partial charge in [-0.2, -0.15) is 0 Å². The van der Waals surface area contributed by atoms with Crippen molar-refractivity contribution in [3.05, 3.63) is 76.9 Å². The maximum atomic E-state index is 13.4. The third-order valence-corrected chi connectivity index (χ3v) is 5.91. The Bertz CT molecular complexity index is 1030. The van der Waals surface area contributed by atoms with Crippen LogP contribution in [0.15, 0.2) is 65.2 Å². The molecule has 2 aromatic carbocycles. The van der Waals surface area contributed by atoms with Crippen molar-refractivity contribution >= 4 is 23.0 Å². The minimum atomic E-state index is -1.02. The molecule has 2 aliphatic rings. The summed E-state index contributed by atoms with van der Waals surface area (Å²) >= 11 is 0. The second kappa shape index (κ2) is 7.43.